The number of rotatable bonds is 10. The van der Waals surface area contributed by atoms with Crippen LogP contribution in [0.15, 0.2) is 59.6 Å². The number of nitrogens with one attached hydrogen (secondary N) is 3. The van der Waals surface area contributed by atoms with E-state index in [4.69, 9.17) is 28.0 Å². The molecule has 2 aromatic carbocycles. The first-order valence-electron chi connectivity index (χ1n) is 19.5. The number of aromatic nitrogens is 2. The van der Waals surface area contributed by atoms with E-state index in [-0.39, 0.29) is 23.1 Å². The molecule has 37 heavy (non-hydrogen) atoms. The third-order valence-electron chi connectivity index (χ3n) is 5.01. The third kappa shape index (κ3) is 7.88. The Labute approximate surface area is 243 Å². The Morgan fingerprint density at radius 2 is 1.89 bits per heavy atom. The molecule has 4 rings (SSSR count). The van der Waals surface area contributed by atoms with Crippen LogP contribution in [0.5, 0.6) is 5.75 Å². The van der Waals surface area contributed by atoms with Gasteiger partial charge in [-0.3, -0.25) is 4.90 Å². The molecule has 3 N–H and O–H groups in total. The minimum Gasteiger partial charge on any atom is -0.492 e. The van der Waals surface area contributed by atoms with Crippen LogP contribution in [0.1, 0.15) is 62.3 Å². The predicted molar refractivity (Wildman–Crippen MR) is 147 cm³/mol. The van der Waals surface area contributed by atoms with Crippen LogP contribution >= 0.6 is 0 Å². The van der Waals surface area contributed by atoms with Crippen LogP contribution in [0.25, 0.3) is 0 Å². The van der Waals surface area contributed by atoms with Crippen LogP contribution in [0.3, 0.4) is 0 Å². The van der Waals surface area contributed by atoms with E-state index < -0.39 is 78.5 Å². The SMILES string of the molecule is [2H]c1nc(Nc2ccc(OC([2H])([2H])C([2H])([2H])N3CCCC3)cc2)nc(Nc2cccc(S(=O)(=O)NC(C([2H])([2H])[2H])(C([2H])([2H])[2H])C([2H])([2H])[2H])c2)c1C([2H])([2H])[2H]. The Morgan fingerprint density at radius 1 is 1.11 bits per heavy atom. The van der Waals surface area contributed by atoms with Crippen molar-refractivity contribution in [3.05, 3.63) is 60.3 Å². The average Bonchev–Trinajstić information content (AvgIpc) is 3.54. The van der Waals surface area contributed by atoms with E-state index in [9.17, 15) is 8.42 Å². The molecule has 9 nitrogen and oxygen atoms in total. The standard InChI is InChI=1S/C27H36N6O3S/c1-20-19-28-26(30-21-10-12-23(13-11-21)36-17-16-33-14-5-6-15-33)31-25(20)29-22-8-7-9-24(18-22)37(34,35)32-27(2,3)4/h7-13,18-19,32H,5-6,14-17H2,1-4H3,(H2,28,29,30,31)/i1D3,2D3,3D3,4D3,16D2,17D2,19D. The highest BCUT2D eigenvalue weighted by atomic mass is 32.2. The van der Waals surface area contributed by atoms with Gasteiger partial charge in [0.15, 0.2) is 0 Å². The highest BCUT2D eigenvalue weighted by Crippen LogP contribution is 2.24. The van der Waals surface area contributed by atoms with Gasteiger partial charge in [-0.05, 0) is 95.8 Å². The first-order valence-corrected chi connectivity index (χ1v) is 12.5. The second kappa shape index (κ2) is 11.5. The molecule has 0 aliphatic carbocycles. The highest BCUT2D eigenvalue weighted by molar-refractivity contribution is 7.89. The van der Waals surface area contributed by atoms with Gasteiger partial charge in [0.2, 0.25) is 16.0 Å². The lowest BCUT2D eigenvalue weighted by atomic mass is 10.1. The lowest BCUT2D eigenvalue weighted by Crippen LogP contribution is -2.40. The number of sulfonamides is 1. The van der Waals surface area contributed by atoms with Gasteiger partial charge in [0.25, 0.3) is 0 Å². The highest BCUT2D eigenvalue weighted by Gasteiger charge is 2.22. The fraction of sp³-hybridized carbons (Fsp3) is 0.407. The molecule has 10 heteroatoms. The van der Waals surface area contributed by atoms with Crippen molar-refractivity contribution in [3.63, 3.8) is 0 Å². The van der Waals surface area contributed by atoms with E-state index in [0.29, 0.717) is 13.1 Å². The molecule has 0 atom stereocenters. The van der Waals surface area contributed by atoms with Crippen molar-refractivity contribution >= 4 is 33.2 Å². The van der Waals surface area contributed by atoms with Crippen LogP contribution in [-0.4, -0.2) is 55.0 Å². The van der Waals surface area contributed by atoms with Gasteiger partial charge in [0, 0.05) is 54.3 Å². The van der Waals surface area contributed by atoms with Gasteiger partial charge in [-0.2, -0.15) is 4.98 Å². The number of anilines is 4. The Balaban J connectivity index is 1.64. The van der Waals surface area contributed by atoms with Gasteiger partial charge >= 0.3 is 0 Å². The quantitative estimate of drug-likeness (QED) is 0.335. The van der Waals surface area contributed by atoms with Crippen LogP contribution < -0.4 is 20.1 Å². The van der Waals surface area contributed by atoms with E-state index in [1.807, 2.05) is 0 Å². The molecule has 0 amide bonds. The van der Waals surface area contributed by atoms with Gasteiger partial charge in [-0.15, -0.1) is 0 Å². The Hall–Kier alpha value is -3.21. The summed E-state index contributed by atoms with van der Waals surface area (Å²) < 4.78 is 169. The van der Waals surface area contributed by atoms with Crippen LogP contribution in [0, 0.1) is 6.85 Å². The first kappa shape index (κ1) is 12.6. The molecule has 1 aliphatic heterocycles. The van der Waals surface area contributed by atoms with Crippen LogP contribution in [0.2, 0.25) is 0 Å². The fourth-order valence-corrected chi connectivity index (χ4v) is 4.40. The number of likely N-dealkylation sites (tertiary alicyclic amines) is 1. The molecule has 1 fully saturated rings. The zero-order valence-electron chi connectivity index (χ0n) is 36.4. The van der Waals surface area contributed by atoms with E-state index >= 15 is 0 Å². The summed E-state index contributed by atoms with van der Waals surface area (Å²) in [6, 6.07) is 9.53. The molecular formula is C27H36N6O3S. The van der Waals surface area contributed by atoms with Gasteiger partial charge in [0.1, 0.15) is 18.1 Å². The van der Waals surface area contributed by atoms with Crippen LogP contribution in [0.4, 0.5) is 23.1 Å². The van der Waals surface area contributed by atoms with Crippen molar-refractivity contribution < 1.29 is 36.5 Å². The number of nitrogens with zero attached hydrogens (tertiary/aromatic N) is 3. The summed E-state index contributed by atoms with van der Waals surface area (Å²) in [7, 11) is -5.23. The number of ether oxygens (including phenoxy) is 1. The van der Waals surface area contributed by atoms with E-state index in [1.54, 1.807) is 0 Å². The monoisotopic (exact) mass is 541 g/mol. The van der Waals surface area contributed by atoms with Gasteiger partial charge < -0.3 is 15.4 Å². The maximum absolute atomic E-state index is 13.4. The van der Waals surface area contributed by atoms with Crippen molar-refractivity contribution in [3.8, 4) is 5.75 Å². The fourth-order valence-electron chi connectivity index (χ4n) is 3.34. The first-order chi connectivity index (χ1) is 24.4. The van der Waals surface area contributed by atoms with E-state index in [0.717, 1.165) is 31.0 Å². The zero-order valence-corrected chi connectivity index (χ0v) is 20.2. The molecule has 0 radical (unpaired) electrons. The van der Waals surface area contributed by atoms with Crippen molar-refractivity contribution in [2.45, 2.75) is 50.7 Å². The molecule has 1 saturated heterocycles. The van der Waals surface area contributed by atoms with Crippen molar-refractivity contribution in [2.24, 2.45) is 0 Å². The Kier molecular flexibility index (Phi) is 3.89. The molecule has 1 aromatic heterocycles. The summed E-state index contributed by atoms with van der Waals surface area (Å²) in [5.74, 6) is -0.846. The molecule has 1 aliphatic rings. The summed E-state index contributed by atoms with van der Waals surface area (Å²) in [5, 5.41) is 5.34. The summed E-state index contributed by atoms with van der Waals surface area (Å²) in [6.07, 6.45) is 0.689. The summed E-state index contributed by atoms with van der Waals surface area (Å²) in [6.45, 7) is -19.0. The second-order valence-electron chi connectivity index (χ2n) is 8.05. The van der Waals surface area contributed by atoms with E-state index in [2.05, 4.69) is 20.6 Å². The van der Waals surface area contributed by atoms with Crippen molar-refractivity contribution in [1.82, 2.24) is 19.6 Å². The van der Waals surface area contributed by atoms with Gasteiger partial charge in [-0.25, -0.2) is 18.1 Å². The minimum absolute atomic E-state index is 0.0195. The smallest absolute Gasteiger partial charge is 0.241 e. The largest absolute Gasteiger partial charge is 0.492 e. The molecule has 3 aromatic rings. The predicted octanol–water partition coefficient (Wildman–Crippen LogP) is 4.82. The molecule has 0 saturated carbocycles. The van der Waals surface area contributed by atoms with E-state index in [1.165, 1.54) is 40.0 Å². The summed E-state index contributed by atoms with van der Waals surface area (Å²) >= 11 is 0. The maximum atomic E-state index is 13.4. The maximum Gasteiger partial charge on any atom is 0.241 e. The summed E-state index contributed by atoms with van der Waals surface area (Å²) in [4.78, 5) is 8.61. The van der Waals surface area contributed by atoms with Crippen molar-refractivity contribution in [1.29, 1.82) is 0 Å². The molecule has 2 heterocycles. The van der Waals surface area contributed by atoms with Crippen molar-refractivity contribution in [2.75, 3.05) is 36.8 Å². The third-order valence-corrected chi connectivity index (χ3v) is 6.46. The second-order valence-corrected chi connectivity index (χ2v) is 9.73. The topological polar surface area (TPSA) is 108 Å². The minimum atomic E-state index is -5.23. The lowest BCUT2D eigenvalue weighted by Gasteiger charge is -2.20. The molecule has 0 spiro atoms. The number of hydrogen-bond acceptors (Lipinski definition) is 8. The lowest BCUT2D eigenvalue weighted by molar-refractivity contribution is 0.238. The molecule has 198 valence electrons. The normalized spacial score (nSPS) is 23.4. The van der Waals surface area contributed by atoms with Crippen LogP contribution in [-0.2, 0) is 10.0 Å². The Morgan fingerprint density at radius 3 is 2.62 bits per heavy atom. The Bertz CT molecular complexity index is 1890. The van der Waals surface area contributed by atoms with Gasteiger partial charge in [-0.1, -0.05) is 6.07 Å². The molecule has 0 unspecified atom stereocenters. The zero-order chi connectivity index (χ0) is 40.9. The van der Waals surface area contributed by atoms with Gasteiger partial charge in [0.05, 0.1) is 9.01 Å². The summed E-state index contributed by atoms with van der Waals surface area (Å²) in [5.41, 5.74) is -4.57. The number of benzene rings is 2. The molecule has 0 bridgehead atoms. The number of hydrogen-bond donors (Lipinski definition) is 3. The molecular weight excluding hydrogens is 488 g/mol. The average molecular weight is 542 g/mol.